The Morgan fingerprint density at radius 2 is 1.89 bits per heavy atom. The number of aromatic nitrogens is 3. The van der Waals surface area contributed by atoms with Crippen LogP contribution in [0.4, 0.5) is 11.6 Å². The molecule has 198 valence electrons. The number of benzene rings is 1. The lowest BCUT2D eigenvalue weighted by molar-refractivity contribution is 0.0784. The summed E-state index contributed by atoms with van der Waals surface area (Å²) in [5.74, 6) is 0.481. The number of aromatic amines is 1. The molecular formula is C28H40N8O. The Hall–Kier alpha value is -3.56. The van der Waals surface area contributed by atoms with Crippen LogP contribution in [0.2, 0.25) is 0 Å². The second-order valence-corrected chi connectivity index (χ2v) is 9.46. The van der Waals surface area contributed by atoms with Gasteiger partial charge in [-0.3, -0.25) is 9.79 Å². The summed E-state index contributed by atoms with van der Waals surface area (Å²) in [5.41, 5.74) is 3.90. The van der Waals surface area contributed by atoms with E-state index in [1.54, 1.807) is 11.1 Å². The van der Waals surface area contributed by atoms with Gasteiger partial charge < -0.3 is 25.0 Å². The number of allylic oxidation sites excluding steroid dienone is 1. The first-order valence-corrected chi connectivity index (χ1v) is 12.8. The average molecular weight is 505 g/mol. The topological polar surface area (TPSA) is 92.7 Å². The van der Waals surface area contributed by atoms with Gasteiger partial charge in [-0.2, -0.15) is 0 Å². The number of likely N-dealkylation sites (N-methyl/N-ethyl adjacent to an activating group) is 2. The van der Waals surface area contributed by atoms with E-state index >= 15 is 0 Å². The molecule has 0 bridgehead atoms. The highest BCUT2D eigenvalue weighted by molar-refractivity contribution is 5.98. The molecule has 3 rings (SSSR count). The first-order valence-electron chi connectivity index (χ1n) is 12.8. The Labute approximate surface area is 220 Å². The van der Waals surface area contributed by atoms with Crippen LogP contribution in [0.3, 0.4) is 0 Å². The van der Waals surface area contributed by atoms with E-state index in [4.69, 9.17) is 0 Å². The van der Waals surface area contributed by atoms with E-state index in [0.29, 0.717) is 18.2 Å². The third-order valence-corrected chi connectivity index (χ3v) is 6.02. The normalized spacial score (nSPS) is 12.3. The molecule has 1 aromatic carbocycles. The number of hydrogen-bond donors (Lipinski definition) is 2. The molecule has 0 saturated carbocycles. The highest BCUT2D eigenvalue weighted by Crippen LogP contribution is 2.23. The maximum absolute atomic E-state index is 13.0. The van der Waals surface area contributed by atoms with Gasteiger partial charge in [0.25, 0.3) is 5.91 Å². The zero-order valence-electron chi connectivity index (χ0n) is 23.0. The molecule has 2 heterocycles. The van der Waals surface area contributed by atoms with Crippen molar-refractivity contribution in [3.8, 4) is 0 Å². The quantitative estimate of drug-likeness (QED) is 0.333. The van der Waals surface area contributed by atoms with Crippen LogP contribution in [0.25, 0.3) is 16.6 Å². The fraction of sp³-hybridized carbons (Fsp3) is 0.429. The van der Waals surface area contributed by atoms with Crippen molar-refractivity contribution in [2.24, 2.45) is 4.99 Å². The van der Waals surface area contributed by atoms with Crippen molar-refractivity contribution in [2.45, 2.75) is 26.7 Å². The van der Waals surface area contributed by atoms with Gasteiger partial charge in [-0.25, -0.2) is 9.97 Å². The zero-order chi connectivity index (χ0) is 26.8. The molecule has 0 fully saturated rings. The lowest BCUT2D eigenvalue weighted by Gasteiger charge is -2.21. The minimum absolute atomic E-state index is 0.01000. The molecule has 0 aliphatic rings. The van der Waals surface area contributed by atoms with Crippen molar-refractivity contribution in [3.05, 3.63) is 54.0 Å². The number of rotatable bonds is 13. The third-order valence-electron chi connectivity index (χ3n) is 6.02. The van der Waals surface area contributed by atoms with Gasteiger partial charge in [-0.15, -0.1) is 0 Å². The SMILES string of the molecule is C/C=C(\N=CCC)c1ccnc(Nc2ccc3[nH]c(C(=O)N(C)CCCN(C)CCN(C)C)cc3c2)n1. The number of aliphatic imine (C=N–C) groups is 1. The predicted molar refractivity (Wildman–Crippen MR) is 154 cm³/mol. The molecule has 9 nitrogen and oxygen atoms in total. The van der Waals surface area contributed by atoms with Crippen LogP contribution < -0.4 is 5.32 Å². The minimum atomic E-state index is -0.01000. The highest BCUT2D eigenvalue weighted by atomic mass is 16.2. The number of carbonyl (C=O) groups excluding carboxylic acids is 1. The van der Waals surface area contributed by atoms with E-state index in [9.17, 15) is 4.79 Å². The predicted octanol–water partition coefficient (Wildman–Crippen LogP) is 4.50. The maximum atomic E-state index is 13.0. The molecule has 2 N–H and O–H groups in total. The fourth-order valence-electron chi connectivity index (χ4n) is 3.86. The number of anilines is 2. The number of nitrogens with one attached hydrogen (secondary N) is 2. The van der Waals surface area contributed by atoms with Crippen molar-refractivity contribution < 1.29 is 4.79 Å². The number of carbonyl (C=O) groups is 1. The van der Waals surface area contributed by atoms with Crippen molar-refractivity contribution in [1.82, 2.24) is 29.7 Å². The lowest BCUT2D eigenvalue weighted by Crippen LogP contribution is -2.33. The van der Waals surface area contributed by atoms with Crippen LogP contribution in [0.5, 0.6) is 0 Å². The van der Waals surface area contributed by atoms with Gasteiger partial charge in [0, 0.05) is 55.7 Å². The second-order valence-electron chi connectivity index (χ2n) is 9.46. The van der Waals surface area contributed by atoms with Crippen molar-refractivity contribution in [2.75, 3.05) is 59.7 Å². The second kappa shape index (κ2) is 13.7. The molecule has 0 aliphatic carbocycles. The van der Waals surface area contributed by atoms with Crippen molar-refractivity contribution in [3.63, 3.8) is 0 Å². The van der Waals surface area contributed by atoms with E-state index in [-0.39, 0.29) is 5.91 Å². The van der Waals surface area contributed by atoms with Crippen molar-refractivity contribution >= 4 is 40.4 Å². The molecule has 2 aromatic heterocycles. The van der Waals surface area contributed by atoms with Crippen LogP contribution in [0, 0.1) is 0 Å². The first kappa shape index (κ1) is 28.0. The molecule has 0 atom stereocenters. The summed E-state index contributed by atoms with van der Waals surface area (Å²) in [6.45, 7) is 7.69. The summed E-state index contributed by atoms with van der Waals surface area (Å²) in [7, 11) is 8.13. The summed E-state index contributed by atoms with van der Waals surface area (Å²) in [4.78, 5) is 36.0. The van der Waals surface area contributed by atoms with Crippen LogP contribution in [-0.2, 0) is 0 Å². The Balaban J connectivity index is 1.63. The lowest BCUT2D eigenvalue weighted by atomic mass is 10.2. The van der Waals surface area contributed by atoms with Gasteiger partial charge in [-0.05, 0) is 77.8 Å². The monoisotopic (exact) mass is 504 g/mol. The van der Waals surface area contributed by atoms with E-state index < -0.39 is 0 Å². The van der Waals surface area contributed by atoms with Crippen LogP contribution in [0.1, 0.15) is 42.9 Å². The molecule has 1 amide bonds. The molecule has 37 heavy (non-hydrogen) atoms. The summed E-state index contributed by atoms with van der Waals surface area (Å²) < 4.78 is 0. The first-order chi connectivity index (χ1) is 17.8. The van der Waals surface area contributed by atoms with Gasteiger partial charge >= 0.3 is 0 Å². The number of amides is 1. The molecular weight excluding hydrogens is 464 g/mol. The zero-order valence-corrected chi connectivity index (χ0v) is 23.0. The Morgan fingerprint density at radius 1 is 1.08 bits per heavy atom. The summed E-state index contributed by atoms with van der Waals surface area (Å²) in [6.07, 6.45) is 7.31. The Kier molecular flexibility index (Phi) is 10.3. The summed E-state index contributed by atoms with van der Waals surface area (Å²) >= 11 is 0. The average Bonchev–Trinajstić information content (AvgIpc) is 3.31. The van der Waals surface area contributed by atoms with Gasteiger partial charge in [0.05, 0.1) is 11.4 Å². The van der Waals surface area contributed by atoms with Crippen LogP contribution >= 0.6 is 0 Å². The molecule has 0 aliphatic heterocycles. The van der Waals surface area contributed by atoms with E-state index in [1.165, 1.54) is 0 Å². The number of nitrogens with zero attached hydrogens (tertiary/aromatic N) is 6. The fourth-order valence-corrected chi connectivity index (χ4v) is 3.86. The molecule has 0 unspecified atom stereocenters. The molecule has 3 aromatic rings. The van der Waals surface area contributed by atoms with Crippen molar-refractivity contribution in [1.29, 1.82) is 0 Å². The molecule has 9 heteroatoms. The smallest absolute Gasteiger partial charge is 0.270 e. The van der Waals surface area contributed by atoms with E-state index in [0.717, 1.165) is 60.5 Å². The maximum Gasteiger partial charge on any atom is 0.270 e. The summed E-state index contributed by atoms with van der Waals surface area (Å²) in [5, 5.41) is 4.22. The third kappa shape index (κ3) is 8.23. The highest BCUT2D eigenvalue weighted by Gasteiger charge is 2.15. The van der Waals surface area contributed by atoms with Crippen LogP contribution in [0.15, 0.2) is 47.6 Å². The minimum Gasteiger partial charge on any atom is -0.351 e. The van der Waals surface area contributed by atoms with Gasteiger partial charge in [0.1, 0.15) is 5.69 Å². The number of hydrogen-bond acceptors (Lipinski definition) is 7. The Morgan fingerprint density at radius 3 is 2.62 bits per heavy atom. The van der Waals surface area contributed by atoms with E-state index in [2.05, 4.69) is 56.2 Å². The Bertz CT molecular complexity index is 1230. The summed E-state index contributed by atoms with van der Waals surface area (Å²) in [6, 6.07) is 9.64. The molecule has 0 radical (unpaired) electrons. The van der Waals surface area contributed by atoms with Crippen LogP contribution in [-0.4, -0.2) is 96.1 Å². The number of H-pyrrole nitrogens is 1. The van der Waals surface area contributed by atoms with Gasteiger partial charge in [-0.1, -0.05) is 13.0 Å². The van der Waals surface area contributed by atoms with E-state index in [1.807, 2.05) is 63.5 Å². The standard InChI is InChI=1S/C28H40N8O/c1-7-13-29-23(8-2)25-12-14-30-28(33-25)31-22-10-11-24-21(19-22)20-26(32-24)27(37)36(6)16-9-15-35(5)18-17-34(3)4/h8,10-14,19-20,32H,7,9,15-18H2,1-6H3,(H,30,31,33)/b23-8-,29-13?. The largest absolute Gasteiger partial charge is 0.351 e. The van der Waals surface area contributed by atoms with Gasteiger partial charge in [0.2, 0.25) is 5.95 Å². The van der Waals surface area contributed by atoms with Gasteiger partial charge in [0.15, 0.2) is 0 Å². The molecule has 0 saturated heterocycles. The molecule has 0 spiro atoms. The number of fused-ring (bicyclic) bond motifs is 1.